The molecule has 1 rings (SSSR count). The summed E-state index contributed by atoms with van der Waals surface area (Å²) in [5.41, 5.74) is 0. The molecule has 2 unspecified atom stereocenters. The first-order valence-corrected chi connectivity index (χ1v) is 3.79. The summed E-state index contributed by atoms with van der Waals surface area (Å²) >= 11 is 0. The zero-order chi connectivity index (χ0) is 6.69. The average Bonchev–Trinajstić information content (AvgIpc) is 1.99. The van der Waals surface area contributed by atoms with Crippen molar-refractivity contribution >= 4 is 0 Å². The fourth-order valence-electron chi connectivity index (χ4n) is 1.22. The number of hydrogen-bond donors (Lipinski definition) is 0. The lowest BCUT2D eigenvalue weighted by Gasteiger charge is -2.14. The molecule has 2 atom stereocenters. The van der Waals surface area contributed by atoms with Crippen LogP contribution in [0.5, 0.6) is 0 Å². The van der Waals surface area contributed by atoms with Gasteiger partial charge in [0.05, 0.1) is 0 Å². The predicted molar refractivity (Wildman–Crippen MR) is 41.0 cm³/mol. The standard InChI is InChI=1S/C9H15/c1-8-6-4-3-5-7-9(8)2/h3,5,8-9H,1,4,6-7H2,2H3. The van der Waals surface area contributed by atoms with E-state index in [1.807, 2.05) is 0 Å². The fraction of sp³-hybridized carbons (Fsp3) is 0.667. The van der Waals surface area contributed by atoms with E-state index in [0.29, 0.717) is 5.92 Å². The summed E-state index contributed by atoms with van der Waals surface area (Å²) in [4.78, 5) is 0. The molecule has 0 amide bonds. The van der Waals surface area contributed by atoms with Gasteiger partial charge in [0.1, 0.15) is 0 Å². The maximum atomic E-state index is 4.10. The second kappa shape index (κ2) is 3.05. The smallest absolute Gasteiger partial charge is 0.0322 e. The summed E-state index contributed by atoms with van der Waals surface area (Å²) < 4.78 is 0. The van der Waals surface area contributed by atoms with Crippen molar-refractivity contribution in [3.05, 3.63) is 19.1 Å². The number of rotatable bonds is 0. The van der Waals surface area contributed by atoms with Gasteiger partial charge in [0.2, 0.25) is 0 Å². The molecule has 0 heteroatoms. The van der Waals surface area contributed by atoms with Gasteiger partial charge in [-0.15, -0.1) is 0 Å². The Labute approximate surface area is 58.0 Å². The van der Waals surface area contributed by atoms with Crippen molar-refractivity contribution in [2.75, 3.05) is 0 Å². The topological polar surface area (TPSA) is 0 Å². The van der Waals surface area contributed by atoms with Crippen LogP contribution in [0.25, 0.3) is 0 Å². The molecule has 0 N–H and O–H groups in total. The zero-order valence-electron chi connectivity index (χ0n) is 6.14. The third kappa shape index (κ3) is 1.85. The Morgan fingerprint density at radius 2 is 2.22 bits per heavy atom. The summed E-state index contributed by atoms with van der Waals surface area (Å²) in [7, 11) is 0. The largest absolute Gasteiger partial charge is 0.0885 e. The molecule has 0 spiro atoms. The summed E-state index contributed by atoms with van der Waals surface area (Å²) in [6.45, 7) is 6.38. The van der Waals surface area contributed by atoms with Crippen LogP contribution in [-0.2, 0) is 0 Å². The second-order valence-corrected chi connectivity index (χ2v) is 3.02. The molecule has 0 nitrogen and oxygen atoms in total. The quantitative estimate of drug-likeness (QED) is 0.434. The van der Waals surface area contributed by atoms with Gasteiger partial charge in [-0.25, -0.2) is 0 Å². The molecular formula is C9H15. The molecule has 1 radical (unpaired) electrons. The third-order valence-electron chi connectivity index (χ3n) is 2.18. The van der Waals surface area contributed by atoms with Gasteiger partial charge in [-0.3, -0.25) is 0 Å². The lowest BCUT2D eigenvalue weighted by atomic mass is 9.91. The lowest BCUT2D eigenvalue weighted by Crippen LogP contribution is -2.04. The molecule has 9 heavy (non-hydrogen) atoms. The Bertz CT molecular complexity index is 103. The molecule has 0 saturated carbocycles. The molecule has 1 aliphatic carbocycles. The highest BCUT2D eigenvalue weighted by Crippen LogP contribution is 2.23. The van der Waals surface area contributed by atoms with Crippen molar-refractivity contribution in [2.24, 2.45) is 11.8 Å². The highest BCUT2D eigenvalue weighted by atomic mass is 14.2. The molecule has 0 saturated heterocycles. The minimum absolute atomic E-state index is 0.681. The minimum atomic E-state index is 0.681. The van der Waals surface area contributed by atoms with Crippen molar-refractivity contribution in [1.82, 2.24) is 0 Å². The Balaban J connectivity index is 2.42. The Hall–Kier alpha value is -0.260. The molecule has 51 valence electrons. The van der Waals surface area contributed by atoms with Gasteiger partial charge in [0.25, 0.3) is 0 Å². The number of hydrogen-bond acceptors (Lipinski definition) is 0. The van der Waals surface area contributed by atoms with E-state index in [9.17, 15) is 0 Å². The normalized spacial score (nSPS) is 36.2. The van der Waals surface area contributed by atoms with Gasteiger partial charge in [0.15, 0.2) is 0 Å². The Kier molecular flexibility index (Phi) is 2.32. The molecule has 1 aliphatic rings. The van der Waals surface area contributed by atoms with Crippen LogP contribution in [0.3, 0.4) is 0 Å². The first kappa shape index (κ1) is 6.85. The van der Waals surface area contributed by atoms with Crippen LogP contribution in [-0.4, -0.2) is 0 Å². The average molecular weight is 123 g/mol. The lowest BCUT2D eigenvalue weighted by molar-refractivity contribution is 0.417. The van der Waals surface area contributed by atoms with E-state index in [1.54, 1.807) is 0 Å². The maximum absolute atomic E-state index is 4.10. The summed E-state index contributed by atoms with van der Waals surface area (Å²) in [5, 5.41) is 0. The predicted octanol–water partition coefficient (Wildman–Crippen LogP) is 2.81. The van der Waals surface area contributed by atoms with Gasteiger partial charge in [-0.2, -0.15) is 0 Å². The van der Waals surface area contributed by atoms with Crippen LogP contribution in [0, 0.1) is 18.8 Å². The summed E-state index contributed by atoms with van der Waals surface area (Å²) in [6.07, 6.45) is 8.31. The molecule has 0 aromatic carbocycles. The first-order chi connectivity index (χ1) is 4.30. The van der Waals surface area contributed by atoms with Gasteiger partial charge >= 0.3 is 0 Å². The van der Waals surface area contributed by atoms with Crippen molar-refractivity contribution < 1.29 is 0 Å². The van der Waals surface area contributed by atoms with Gasteiger partial charge in [0, 0.05) is 0 Å². The van der Waals surface area contributed by atoms with E-state index in [1.165, 1.54) is 19.3 Å². The zero-order valence-corrected chi connectivity index (χ0v) is 6.14. The van der Waals surface area contributed by atoms with Crippen LogP contribution in [0.4, 0.5) is 0 Å². The minimum Gasteiger partial charge on any atom is -0.0885 e. The van der Waals surface area contributed by atoms with Crippen LogP contribution < -0.4 is 0 Å². The van der Waals surface area contributed by atoms with E-state index in [-0.39, 0.29) is 0 Å². The van der Waals surface area contributed by atoms with Crippen molar-refractivity contribution in [3.8, 4) is 0 Å². The van der Waals surface area contributed by atoms with Crippen molar-refractivity contribution in [2.45, 2.75) is 26.2 Å². The Morgan fingerprint density at radius 1 is 1.44 bits per heavy atom. The van der Waals surface area contributed by atoms with Gasteiger partial charge in [-0.05, 0) is 38.0 Å². The highest BCUT2D eigenvalue weighted by Gasteiger charge is 2.11. The molecule has 0 heterocycles. The van der Waals surface area contributed by atoms with Gasteiger partial charge in [-0.1, -0.05) is 19.1 Å². The second-order valence-electron chi connectivity index (χ2n) is 3.02. The monoisotopic (exact) mass is 123 g/mol. The molecule has 0 aliphatic heterocycles. The summed E-state index contributed by atoms with van der Waals surface area (Å²) in [5.74, 6) is 1.48. The van der Waals surface area contributed by atoms with E-state index < -0.39 is 0 Å². The molecule has 0 fully saturated rings. The van der Waals surface area contributed by atoms with Crippen molar-refractivity contribution in [3.63, 3.8) is 0 Å². The Morgan fingerprint density at radius 3 is 3.00 bits per heavy atom. The molecule has 0 aromatic heterocycles. The molecular weight excluding hydrogens is 108 g/mol. The first-order valence-electron chi connectivity index (χ1n) is 3.79. The molecule has 0 bridgehead atoms. The highest BCUT2D eigenvalue weighted by molar-refractivity contribution is 4.90. The van der Waals surface area contributed by atoms with E-state index >= 15 is 0 Å². The summed E-state index contributed by atoms with van der Waals surface area (Å²) in [6, 6.07) is 0. The maximum Gasteiger partial charge on any atom is -0.0322 e. The number of allylic oxidation sites excluding steroid dienone is 2. The van der Waals surface area contributed by atoms with E-state index in [0.717, 1.165) is 5.92 Å². The van der Waals surface area contributed by atoms with Gasteiger partial charge < -0.3 is 0 Å². The van der Waals surface area contributed by atoms with Crippen molar-refractivity contribution in [1.29, 1.82) is 0 Å². The SMILES string of the molecule is [CH2]C1CCC=CCC1C. The van der Waals surface area contributed by atoms with Crippen LogP contribution in [0.15, 0.2) is 12.2 Å². The third-order valence-corrected chi connectivity index (χ3v) is 2.18. The van der Waals surface area contributed by atoms with Crippen LogP contribution >= 0.6 is 0 Å². The van der Waals surface area contributed by atoms with Crippen LogP contribution in [0.2, 0.25) is 0 Å². The van der Waals surface area contributed by atoms with Crippen LogP contribution in [0.1, 0.15) is 26.2 Å². The van der Waals surface area contributed by atoms with E-state index in [2.05, 4.69) is 26.0 Å². The van der Waals surface area contributed by atoms with E-state index in [4.69, 9.17) is 0 Å². The fourth-order valence-corrected chi connectivity index (χ4v) is 1.22. The molecule has 0 aromatic rings.